The van der Waals surface area contributed by atoms with Crippen molar-refractivity contribution >= 4 is 5.91 Å². The van der Waals surface area contributed by atoms with Crippen molar-refractivity contribution in [3.05, 3.63) is 96.2 Å². The molecule has 0 aliphatic carbocycles. The van der Waals surface area contributed by atoms with Gasteiger partial charge in [0.15, 0.2) is 17.3 Å². The Hall–Kier alpha value is -4.07. The zero-order chi connectivity index (χ0) is 21.6. The van der Waals surface area contributed by atoms with Crippen LogP contribution in [0.2, 0.25) is 0 Å². The monoisotopic (exact) mass is 421 g/mol. The molecule has 2 aromatic heterocycles. The molecule has 0 fully saturated rings. The SMILES string of the molecule is COc1ccccc1OCc1ccc(C(=O)NCc2ccc(-n3ccnc3)c(F)c2)o1. The number of halogens is 1. The van der Waals surface area contributed by atoms with Gasteiger partial charge in [-0.1, -0.05) is 18.2 Å². The predicted octanol–water partition coefficient (Wildman–Crippen LogP) is 4.12. The smallest absolute Gasteiger partial charge is 0.287 e. The topological polar surface area (TPSA) is 78.5 Å². The Labute approximate surface area is 178 Å². The van der Waals surface area contributed by atoms with Crippen LogP contribution in [0.15, 0.2) is 77.7 Å². The number of carbonyl (C=O) groups excluding carboxylic acids is 1. The van der Waals surface area contributed by atoms with Gasteiger partial charge in [-0.05, 0) is 42.0 Å². The van der Waals surface area contributed by atoms with Crippen LogP contribution in [-0.2, 0) is 13.2 Å². The van der Waals surface area contributed by atoms with Crippen molar-refractivity contribution in [2.45, 2.75) is 13.2 Å². The van der Waals surface area contributed by atoms with Gasteiger partial charge in [0.25, 0.3) is 5.91 Å². The number of amides is 1. The van der Waals surface area contributed by atoms with E-state index in [0.717, 1.165) is 0 Å². The van der Waals surface area contributed by atoms with E-state index >= 15 is 0 Å². The summed E-state index contributed by atoms with van der Waals surface area (Å²) in [6.07, 6.45) is 4.75. The van der Waals surface area contributed by atoms with Gasteiger partial charge >= 0.3 is 0 Å². The largest absolute Gasteiger partial charge is 0.493 e. The maximum absolute atomic E-state index is 14.3. The third-order valence-electron chi connectivity index (χ3n) is 4.57. The summed E-state index contributed by atoms with van der Waals surface area (Å²) in [4.78, 5) is 16.3. The van der Waals surface area contributed by atoms with E-state index in [-0.39, 0.29) is 18.9 Å². The lowest BCUT2D eigenvalue weighted by Crippen LogP contribution is -2.22. The first-order valence-electron chi connectivity index (χ1n) is 9.53. The van der Waals surface area contributed by atoms with E-state index in [1.54, 1.807) is 60.5 Å². The van der Waals surface area contributed by atoms with E-state index in [1.807, 2.05) is 12.1 Å². The Kier molecular flexibility index (Phi) is 5.98. The van der Waals surface area contributed by atoms with Crippen LogP contribution in [0, 0.1) is 5.82 Å². The first-order valence-corrected chi connectivity index (χ1v) is 9.53. The third kappa shape index (κ3) is 4.75. The maximum atomic E-state index is 14.3. The number of aromatic nitrogens is 2. The van der Waals surface area contributed by atoms with E-state index < -0.39 is 11.7 Å². The van der Waals surface area contributed by atoms with E-state index in [9.17, 15) is 9.18 Å². The van der Waals surface area contributed by atoms with Crippen molar-refractivity contribution in [2.24, 2.45) is 0 Å². The average Bonchev–Trinajstić information content (AvgIpc) is 3.49. The molecular weight excluding hydrogens is 401 g/mol. The zero-order valence-corrected chi connectivity index (χ0v) is 16.7. The summed E-state index contributed by atoms with van der Waals surface area (Å²) in [6, 6.07) is 15.3. The molecule has 0 aliphatic heterocycles. The summed E-state index contributed by atoms with van der Waals surface area (Å²) >= 11 is 0. The van der Waals surface area contributed by atoms with Crippen LogP contribution < -0.4 is 14.8 Å². The first-order chi connectivity index (χ1) is 15.1. The fraction of sp³-hybridized carbons (Fsp3) is 0.130. The minimum absolute atomic E-state index is 0.147. The zero-order valence-electron chi connectivity index (χ0n) is 16.7. The van der Waals surface area contributed by atoms with E-state index in [4.69, 9.17) is 13.9 Å². The van der Waals surface area contributed by atoms with Crippen LogP contribution in [0.5, 0.6) is 11.5 Å². The highest BCUT2D eigenvalue weighted by Crippen LogP contribution is 2.26. The summed E-state index contributed by atoms with van der Waals surface area (Å²) in [5.41, 5.74) is 1.01. The van der Waals surface area contributed by atoms with Crippen molar-refractivity contribution in [2.75, 3.05) is 7.11 Å². The molecule has 7 nitrogen and oxygen atoms in total. The number of imidazole rings is 1. The Balaban J connectivity index is 1.33. The average molecular weight is 421 g/mol. The number of carbonyl (C=O) groups is 1. The van der Waals surface area contributed by atoms with E-state index in [1.165, 1.54) is 12.4 Å². The van der Waals surface area contributed by atoms with Gasteiger partial charge in [-0.3, -0.25) is 4.79 Å². The second-order valence-electron chi connectivity index (χ2n) is 6.64. The van der Waals surface area contributed by atoms with Crippen LogP contribution >= 0.6 is 0 Å². The van der Waals surface area contributed by atoms with E-state index in [0.29, 0.717) is 28.5 Å². The number of hydrogen-bond donors (Lipinski definition) is 1. The standard InChI is InChI=1S/C23H20FN3O4/c1-29-20-4-2-3-5-21(20)30-14-17-7-9-22(31-17)23(28)26-13-16-6-8-19(18(24)12-16)27-11-10-25-15-27/h2-12,15H,13-14H2,1H3,(H,26,28). The molecule has 0 spiro atoms. The molecule has 2 aromatic carbocycles. The van der Waals surface area contributed by atoms with Crippen molar-refractivity contribution in [3.63, 3.8) is 0 Å². The molecule has 4 aromatic rings. The number of benzene rings is 2. The molecule has 0 saturated heterocycles. The molecule has 0 radical (unpaired) electrons. The summed E-state index contributed by atoms with van der Waals surface area (Å²) in [7, 11) is 1.56. The van der Waals surface area contributed by atoms with Gasteiger partial charge in [-0.25, -0.2) is 9.37 Å². The quantitative estimate of drug-likeness (QED) is 0.463. The number of furan rings is 1. The molecular formula is C23H20FN3O4. The van der Waals surface area contributed by atoms with Crippen LogP contribution in [0.3, 0.4) is 0 Å². The predicted molar refractivity (Wildman–Crippen MR) is 111 cm³/mol. The van der Waals surface area contributed by atoms with Crippen LogP contribution in [0.25, 0.3) is 5.69 Å². The van der Waals surface area contributed by atoms with Crippen molar-refractivity contribution < 1.29 is 23.1 Å². The lowest BCUT2D eigenvalue weighted by molar-refractivity contribution is 0.0919. The summed E-state index contributed by atoms with van der Waals surface area (Å²) in [5, 5.41) is 2.72. The minimum Gasteiger partial charge on any atom is -0.493 e. The van der Waals surface area contributed by atoms with Gasteiger partial charge in [0.1, 0.15) is 18.2 Å². The molecule has 2 heterocycles. The number of para-hydroxylation sites is 2. The summed E-state index contributed by atoms with van der Waals surface area (Å²) in [5.74, 6) is 1.02. The van der Waals surface area contributed by atoms with Crippen molar-refractivity contribution in [1.82, 2.24) is 14.9 Å². The molecule has 0 aliphatic rings. The van der Waals surface area contributed by atoms with Gasteiger partial charge in [-0.15, -0.1) is 0 Å². The fourth-order valence-corrected chi connectivity index (χ4v) is 3.01. The number of nitrogens with one attached hydrogen (secondary N) is 1. The highest BCUT2D eigenvalue weighted by molar-refractivity contribution is 5.91. The van der Waals surface area contributed by atoms with Crippen molar-refractivity contribution in [3.8, 4) is 17.2 Å². The van der Waals surface area contributed by atoms with Gasteiger partial charge < -0.3 is 23.8 Å². The fourth-order valence-electron chi connectivity index (χ4n) is 3.01. The maximum Gasteiger partial charge on any atom is 0.287 e. The molecule has 8 heteroatoms. The first kappa shape index (κ1) is 20.2. The van der Waals surface area contributed by atoms with Crippen LogP contribution in [0.4, 0.5) is 4.39 Å². The Bertz CT molecular complexity index is 1170. The summed E-state index contributed by atoms with van der Waals surface area (Å²) in [6.45, 7) is 0.308. The number of hydrogen-bond acceptors (Lipinski definition) is 5. The lowest BCUT2D eigenvalue weighted by Gasteiger charge is -2.09. The molecule has 1 amide bonds. The van der Waals surface area contributed by atoms with E-state index in [2.05, 4.69) is 10.3 Å². The normalized spacial score (nSPS) is 10.6. The van der Waals surface area contributed by atoms with Gasteiger partial charge in [0.05, 0.1) is 19.1 Å². The molecule has 0 bridgehead atoms. The van der Waals surface area contributed by atoms with Crippen molar-refractivity contribution in [1.29, 1.82) is 0 Å². The molecule has 0 unspecified atom stereocenters. The molecule has 31 heavy (non-hydrogen) atoms. The number of methoxy groups -OCH3 is 1. The molecule has 158 valence electrons. The van der Waals surface area contributed by atoms with Crippen LogP contribution in [0.1, 0.15) is 21.9 Å². The third-order valence-corrected chi connectivity index (χ3v) is 4.57. The summed E-state index contributed by atoms with van der Waals surface area (Å²) < 4.78 is 32.4. The minimum atomic E-state index is -0.404. The highest BCUT2D eigenvalue weighted by atomic mass is 19.1. The Morgan fingerprint density at radius 2 is 2.00 bits per heavy atom. The molecule has 0 saturated carbocycles. The molecule has 0 atom stereocenters. The lowest BCUT2D eigenvalue weighted by atomic mass is 10.2. The Morgan fingerprint density at radius 3 is 2.74 bits per heavy atom. The second kappa shape index (κ2) is 9.17. The second-order valence-corrected chi connectivity index (χ2v) is 6.64. The molecule has 4 rings (SSSR count). The number of rotatable bonds is 8. The van der Waals surface area contributed by atoms with Gasteiger partial charge in [0, 0.05) is 18.9 Å². The number of nitrogens with zero attached hydrogens (tertiary/aromatic N) is 2. The Morgan fingerprint density at radius 1 is 1.16 bits per heavy atom. The number of ether oxygens (including phenoxy) is 2. The van der Waals surface area contributed by atoms with Gasteiger partial charge in [-0.2, -0.15) is 0 Å². The van der Waals surface area contributed by atoms with Gasteiger partial charge in [0.2, 0.25) is 0 Å². The van der Waals surface area contributed by atoms with Crippen LogP contribution in [-0.4, -0.2) is 22.6 Å². The highest BCUT2D eigenvalue weighted by Gasteiger charge is 2.13. The molecule has 1 N–H and O–H groups in total.